The Balaban J connectivity index is 0.000000211. The standard InChI is InChI=1S/C27H21FNS.C17H22NSi.Ir/c1-16(2)23-14-24(29-15-17(23)3)21-12-11-20(18-7-5-4-6-8-18)26-22-10-9-19(28)13-25(22)30-27(21)26;1-13(2)15-11-16(14-9-7-6-8-10-14)18-12-17(15)19(3,4)5;/h4-11,13-16H,1-3H3;6-9,11-13H,1-5H3;/q2*-1;. The van der Waals surface area contributed by atoms with Gasteiger partial charge in [-0.3, -0.25) is 0 Å². The Morgan fingerprint density at radius 3 is 2.10 bits per heavy atom. The quantitative estimate of drug-likeness (QED) is 0.123. The summed E-state index contributed by atoms with van der Waals surface area (Å²) in [5, 5.41) is 3.69. The molecule has 0 aliphatic rings. The third kappa shape index (κ3) is 7.90. The monoisotopic (exact) mass is 871 g/mol. The first-order chi connectivity index (χ1) is 23.4. The first-order valence-corrected chi connectivity index (χ1v) is 21.3. The van der Waals surface area contributed by atoms with E-state index in [1.807, 2.05) is 48.7 Å². The molecule has 6 heteroatoms. The molecule has 0 amide bonds. The van der Waals surface area contributed by atoms with Crippen molar-refractivity contribution in [2.45, 2.75) is 66.1 Å². The molecule has 0 atom stereocenters. The molecule has 0 saturated carbocycles. The number of hydrogen-bond acceptors (Lipinski definition) is 3. The fraction of sp³-hybridized carbons (Fsp3) is 0.227. The molecule has 2 nitrogen and oxygen atoms in total. The minimum atomic E-state index is -1.34. The summed E-state index contributed by atoms with van der Waals surface area (Å²) in [6.45, 7) is 18.2. The Morgan fingerprint density at radius 1 is 0.760 bits per heavy atom. The summed E-state index contributed by atoms with van der Waals surface area (Å²) >= 11 is 1.61. The Bertz CT molecular complexity index is 2240. The van der Waals surface area contributed by atoms with Gasteiger partial charge in [0.15, 0.2) is 0 Å². The van der Waals surface area contributed by atoms with Crippen molar-refractivity contribution in [3.63, 3.8) is 0 Å². The number of aryl methyl sites for hydroxylation is 1. The van der Waals surface area contributed by atoms with E-state index in [4.69, 9.17) is 4.98 Å². The molecule has 3 heterocycles. The van der Waals surface area contributed by atoms with Crippen LogP contribution in [0.3, 0.4) is 0 Å². The van der Waals surface area contributed by atoms with Gasteiger partial charge < -0.3 is 9.97 Å². The Hall–Kier alpha value is -3.80. The second-order valence-corrected chi connectivity index (χ2v) is 20.4. The number of hydrogen-bond donors (Lipinski definition) is 0. The normalized spacial score (nSPS) is 11.5. The van der Waals surface area contributed by atoms with Crippen LogP contribution < -0.4 is 5.19 Å². The first-order valence-electron chi connectivity index (χ1n) is 17.0. The molecule has 50 heavy (non-hydrogen) atoms. The van der Waals surface area contributed by atoms with Gasteiger partial charge in [-0.2, -0.15) is 11.3 Å². The topological polar surface area (TPSA) is 25.8 Å². The van der Waals surface area contributed by atoms with E-state index in [0.29, 0.717) is 11.8 Å². The van der Waals surface area contributed by atoms with Crippen molar-refractivity contribution in [2.24, 2.45) is 0 Å². The van der Waals surface area contributed by atoms with Crippen LogP contribution in [0.5, 0.6) is 0 Å². The smallest absolute Gasteiger partial charge is 0.124 e. The van der Waals surface area contributed by atoms with E-state index in [-0.39, 0.29) is 25.9 Å². The van der Waals surface area contributed by atoms with Gasteiger partial charge in [0, 0.05) is 37.2 Å². The minimum Gasteiger partial charge on any atom is -0.305 e. The summed E-state index contributed by atoms with van der Waals surface area (Å²) < 4.78 is 16.0. The van der Waals surface area contributed by atoms with E-state index < -0.39 is 8.07 Å². The van der Waals surface area contributed by atoms with Gasteiger partial charge in [-0.15, -0.1) is 53.6 Å². The number of nitrogens with zero attached hydrogens (tertiary/aromatic N) is 2. The zero-order valence-electron chi connectivity index (χ0n) is 30.0. The zero-order chi connectivity index (χ0) is 34.9. The van der Waals surface area contributed by atoms with Crippen LogP contribution in [0.4, 0.5) is 4.39 Å². The van der Waals surface area contributed by atoms with Crippen molar-refractivity contribution < 1.29 is 24.5 Å². The van der Waals surface area contributed by atoms with Crippen molar-refractivity contribution in [2.75, 3.05) is 0 Å². The van der Waals surface area contributed by atoms with Crippen LogP contribution in [0.2, 0.25) is 19.6 Å². The van der Waals surface area contributed by atoms with Crippen molar-refractivity contribution in [1.82, 2.24) is 9.97 Å². The predicted molar refractivity (Wildman–Crippen MR) is 211 cm³/mol. The summed E-state index contributed by atoms with van der Waals surface area (Å²) in [4.78, 5) is 9.40. The van der Waals surface area contributed by atoms with Gasteiger partial charge in [0.1, 0.15) is 5.82 Å². The summed E-state index contributed by atoms with van der Waals surface area (Å²) in [6, 6.07) is 36.7. The number of thiophene rings is 1. The molecular weight excluding hydrogens is 828 g/mol. The fourth-order valence-corrected chi connectivity index (χ4v) is 9.34. The van der Waals surface area contributed by atoms with Crippen molar-refractivity contribution in [3.05, 3.63) is 138 Å². The van der Waals surface area contributed by atoms with Gasteiger partial charge in [0.2, 0.25) is 0 Å². The SMILES string of the molecule is CC(C)c1cc(-c2[c-]cccc2)ncc1[Si](C)(C)C.Cc1cnc(-c2[c-]cc(-c3ccccc3)c3c2sc2cc(F)ccc23)cc1C(C)C.[Ir]. The molecule has 3 aromatic heterocycles. The second kappa shape index (κ2) is 15.6. The predicted octanol–water partition coefficient (Wildman–Crippen LogP) is 12.4. The average molecular weight is 871 g/mol. The number of benzene rings is 4. The van der Waals surface area contributed by atoms with Crippen LogP contribution in [0.25, 0.3) is 53.8 Å². The Labute approximate surface area is 315 Å². The maximum atomic E-state index is 14.0. The number of halogens is 1. The minimum absolute atomic E-state index is 0. The number of aromatic nitrogens is 2. The van der Waals surface area contributed by atoms with Crippen molar-refractivity contribution in [1.29, 1.82) is 0 Å². The molecule has 0 unspecified atom stereocenters. The van der Waals surface area contributed by atoms with E-state index in [9.17, 15) is 4.39 Å². The zero-order valence-corrected chi connectivity index (χ0v) is 34.2. The van der Waals surface area contributed by atoms with Crippen molar-refractivity contribution >= 4 is 44.8 Å². The summed E-state index contributed by atoms with van der Waals surface area (Å²) in [5.41, 5.74) is 10.2. The van der Waals surface area contributed by atoms with E-state index in [1.54, 1.807) is 23.5 Å². The molecule has 0 saturated heterocycles. The third-order valence-corrected chi connectivity index (χ3v) is 12.2. The molecule has 0 N–H and O–H groups in total. The molecule has 4 aromatic carbocycles. The molecule has 0 aliphatic carbocycles. The van der Waals surface area contributed by atoms with Gasteiger partial charge in [0.25, 0.3) is 0 Å². The number of fused-ring (bicyclic) bond motifs is 3. The second-order valence-electron chi connectivity index (χ2n) is 14.3. The van der Waals surface area contributed by atoms with Gasteiger partial charge >= 0.3 is 0 Å². The van der Waals surface area contributed by atoms with E-state index in [1.165, 1.54) is 21.9 Å². The Morgan fingerprint density at radius 2 is 1.44 bits per heavy atom. The molecule has 7 aromatic rings. The maximum Gasteiger partial charge on any atom is 0.124 e. The van der Waals surface area contributed by atoms with Crippen LogP contribution in [0.15, 0.2) is 103 Å². The fourth-order valence-electron chi connectivity index (χ4n) is 6.40. The van der Waals surface area contributed by atoms with Gasteiger partial charge in [-0.25, -0.2) is 4.39 Å². The molecule has 257 valence electrons. The van der Waals surface area contributed by atoms with Crippen LogP contribution >= 0.6 is 11.3 Å². The molecule has 0 bridgehead atoms. The summed E-state index contributed by atoms with van der Waals surface area (Å²) in [7, 11) is -1.34. The van der Waals surface area contributed by atoms with E-state index in [0.717, 1.165) is 53.8 Å². The van der Waals surface area contributed by atoms with E-state index in [2.05, 4.69) is 114 Å². The number of pyridine rings is 2. The van der Waals surface area contributed by atoms with Gasteiger partial charge in [-0.1, -0.05) is 118 Å². The molecule has 1 radical (unpaired) electrons. The molecule has 7 rings (SSSR count). The molecule has 0 spiro atoms. The maximum absolute atomic E-state index is 14.0. The van der Waals surface area contributed by atoms with Crippen LogP contribution in [0, 0.1) is 24.9 Å². The summed E-state index contributed by atoms with van der Waals surface area (Å²) in [6.07, 6.45) is 4.04. The van der Waals surface area contributed by atoms with Crippen molar-refractivity contribution in [3.8, 4) is 33.6 Å². The molecule has 0 fully saturated rings. The largest absolute Gasteiger partial charge is 0.305 e. The Kier molecular flexibility index (Phi) is 11.7. The van der Waals surface area contributed by atoms with Gasteiger partial charge in [0.05, 0.1) is 8.07 Å². The van der Waals surface area contributed by atoms with Crippen LogP contribution in [-0.4, -0.2) is 18.0 Å². The van der Waals surface area contributed by atoms with Gasteiger partial charge in [-0.05, 0) is 68.7 Å². The summed E-state index contributed by atoms with van der Waals surface area (Å²) in [5.74, 6) is 0.742. The number of rotatable bonds is 6. The third-order valence-electron chi connectivity index (χ3n) is 8.97. The molecular formula is C44H43FIrN2SSi-2. The van der Waals surface area contributed by atoms with Crippen LogP contribution in [0.1, 0.15) is 56.2 Å². The van der Waals surface area contributed by atoms with E-state index >= 15 is 0 Å². The van der Waals surface area contributed by atoms with Crippen LogP contribution in [-0.2, 0) is 20.1 Å². The average Bonchev–Trinajstić information content (AvgIpc) is 3.47. The molecule has 0 aliphatic heterocycles. The first kappa shape index (κ1) is 37.5.